The van der Waals surface area contributed by atoms with Crippen molar-refractivity contribution < 1.29 is 13.2 Å². The predicted octanol–water partition coefficient (Wildman–Crippen LogP) is 0.946. The molecule has 1 aromatic rings. The molecule has 100 valence electrons. The lowest BCUT2D eigenvalue weighted by molar-refractivity contribution is 0.0938. The van der Waals surface area contributed by atoms with Crippen LogP contribution in [0.15, 0.2) is 6.07 Å². The number of nitrogens with two attached hydrogens (primary N) is 1. The van der Waals surface area contributed by atoms with Crippen molar-refractivity contribution in [1.82, 2.24) is 5.32 Å². The average molecular weight is 288 g/mol. The van der Waals surface area contributed by atoms with Gasteiger partial charge in [-0.15, -0.1) is 11.3 Å². The van der Waals surface area contributed by atoms with Crippen LogP contribution in [0, 0.1) is 6.92 Å². The van der Waals surface area contributed by atoms with E-state index in [1.54, 1.807) is 6.07 Å². The van der Waals surface area contributed by atoms with Crippen LogP contribution >= 0.6 is 11.3 Å². The van der Waals surface area contributed by atoms with Crippen molar-refractivity contribution in [2.45, 2.75) is 25.8 Å². The molecule has 3 N–H and O–H groups in total. The molecule has 0 radical (unpaired) electrons. The monoisotopic (exact) mass is 288 g/mol. The zero-order chi connectivity index (χ0) is 13.3. The van der Waals surface area contributed by atoms with Crippen LogP contribution < -0.4 is 11.1 Å². The number of hydrogen-bond donors (Lipinski definition) is 2. The molecule has 2 rings (SSSR count). The smallest absolute Gasteiger partial charge is 0.261 e. The largest absolute Gasteiger partial charge is 0.398 e. The minimum absolute atomic E-state index is 0.0512. The first kappa shape index (κ1) is 13.4. The molecule has 18 heavy (non-hydrogen) atoms. The Balaban J connectivity index is 1.96. The van der Waals surface area contributed by atoms with Gasteiger partial charge in [0.05, 0.1) is 16.4 Å². The number of carbonyl (C=O) groups is 1. The minimum atomic E-state index is -2.89. The number of sulfone groups is 1. The maximum Gasteiger partial charge on any atom is 0.261 e. The molecule has 0 aromatic carbocycles. The van der Waals surface area contributed by atoms with Gasteiger partial charge >= 0.3 is 0 Å². The van der Waals surface area contributed by atoms with E-state index in [2.05, 4.69) is 5.32 Å². The van der Waals surface area contributed by atoms with Crippen molar-refractivity contribution in [3.05, 3.63) is 15.8 Å². The standard InChI is InChI=1S/C11H16N2O3S2/c1-7-9(12)6-10(17-7)11(14)13-8-2-4-18(15,16)5-3-8/h6,8H,2-5,12H2,1H3,(H,13,14). The Kier molecular flexibility index (Phi) is 3.63. The Labute approximate surface area is 110 Å². The first-order valence-corrected chi connectivity index (χ1v) is 8.38. The molecule has 1 aliphatic heterocycles. The number of anilines is 1. The third kappa shape index (κ3) is 3.02. The van der Waals surface area contributed by atoms with E-state index in [0.717, 1.165) is 4.88 Å². The summed E-state index contributed by atoms with van der Waals surface area (Å²) in [6.45, 7) is 1.87. The topological polar surface area (TPSA) is 89.3 Å². The maximum atomic E-state index is 11.9. The van der Waals surface area contributed by atoms with Crippen molar-refractivity contribution in [1.29, 1.82) is 0 Å². The van der Waals surface area contributed by atoms with Crippen LogP contribution in [0.5, 0.6) is 0 Å². The number of aryl methyl sites for hydroxylation is 1. The first-order chi connectivity index (χ1) is 8.37. The van der Waals surface area contributed by atoms with Crippen LogP contribution in [-0.2, 0) is 9.84 Å². The molecule has 7 heteroatoms. The lowest BCUT2D eigenvalue weighted by Crippen LogP contribution is -2.40. The van der Waals surface area contributed by atoms with E-state index in [9.17, 15) is 13.2 Å². The van der Waals surface area contributed by atoms with Gasteiger partial charge < -0.3 is 11.1 Å². The highest BCUT2D eigenvalue weighted by Gasteiger charge is 2.25. The molecule has 1 saturated heterocycles. The van der Waals surface area contributed by atoms with E-state index in [1.807, 2.05) is 6.92 Å². The fraction of sp³-hybridized carbons (Fsp3) is 0.545. The third-order valence-electron chi connectivity index (χ3n) is 3.07. The molecule has 1 aliphatic rings. The highest BCUT2D eigenvalue weighted by molar-refractivity contribution is 7.91. The summed E-state index contributed by atoms with van der Waals surface area (Å²) in [4.78, 5) is 13.4. The summed E-state index contributed by atoms with van der Waals surface area (Å²) in [6.07, 6.45) is 0.988. The van der Waals surface area contributed by atoms with Crippen molar-refractivity contribution in [2.75, 3.05) is 17.2 Å². The summed E-state index contributed by atoms with van der Waals surface area (Å²) in [5, 5.41) is 2.86. The SMILES string of the molecule is Cc1sc(C(=O)NC2CCS(=O)(=O)CC2)cc1N. The molecule has 0 aliphatic carbocycles. The summed E-state index contributed by atoms with van der Waals surface area (Å²) >= 11 is 1.36. The van der Waals surface area contributed by atoms with Gasteiger partial charge in [0.2, 0.25) is 0 Å². The van der Waals surface area contributed by atoms with Gasteiger partial charge in [0.25, 0.3) is 5.91 Å². The molecule has 0 bridgehead atoms. The zero-order valence-corrected chi connectivity index (χ0v) is 11.7. The van der Waals surface area contributed by atoms with Gasteiger partial charge in [-0.2, -0.15) is 0 Å². The van der Waals surface area contributed by atoms with E-state index in [4.69, 9.17) is 5.73 Å². The Morgan fingerprint density at radius 1 is 1.44 bits per heavy atom. The maximum absolute atomic E-state index is 11.9. The second-order valence-electron chi connectivity index (χ2n) is 4.52. The van der Waals surface area contributed by atoms with E-state index < -0.39 is 9.84 Å². The average Bonchev–Trinajstić information content (AvgIpc) is 2.62. The zero-order valence-electron chi connectivity index (χ0n) is 10.1. The number of thiophene rings is 1. The quantitative estimate of drug-likeness (QED) is 0.847. The number of amides is 1. The van der Waals surface area contributed by atoms with Gasteiger partial charge in [-0.25, -0.2) is 8.42 Å². The lowest BCUT2D eigenvalue weighted by Gasteiger charge is -2.22. The van der Waals surface area contributed by atoms with Crippen LogP contribution in [-0.4, -0.2) is 31.9 Å². The lowest BCUT2D eigenvalue weighted by atomic mass is 10.1. The Morgan fingerprint density at radius 2 is 2.06 bits per heavy atom. The number of nitrogens with one attached hydrogen (secondary N) is 1. The second kappa shape index (κ2) is 4.89. The van der Waals surface area contributed by atoms with Crippen LogP contribution in [0.2, 0.25) is 0 Å². The van der Waals surface area contributed by atoms with Crippen LogP contribution in [0.25, 0.3) is 0 Å². The van der Waals surface area contributed by atoms with Crippen LogP contribution in [0.3, 0.4) is 0 Å². The van der Waals surface area contributed by atoms with Gasteiger partial charge in [-0.05, 0) is 25.8 Å². The van der Waals surface area contributed by atoms with Gasteiger partial charge in [-0.1, -0.05) is 0 Å². The Morgan fingerprint density at radius 3 is 2.56 bits per heavy atom. The third-order valence-corrected chi connectivity index (χ3v) is 5.85. The molecule has 0 atom stereocenters. The summed E-state index contributed by atoms with van der Waals surface area (Å²) < 4.78 is 22.5. The number of nitrogen functional groups attached to an aromatic ring is 1. The van der Waals surface area contributed by atoms with Crippen molar-refractivity contribution in [3.8, 4) is 0 Å². The second-order valence-corrected chi connectivity index (χ2v) is 8.08. The molecule has 0 spiro atoms. The summed E-state index contributed by atoms with van der Waals surface area (Å²) in [5.41, 5.74) is 6.32. The fourth-order valence-corrected chi connectivity index (χ4v) is 4.23. The predicted molar refractivity (Wildman–Crippen MR) is 72.6 cm³/mol. The molecule has 1 amide bonds. The van der Waals surface area contributed by atoms with E-state index in [0.29, 0.717) is 23.4 Å². The molecule has 0 unspecified atom stereocenters. The number of hydrogen-bond acceptors (Lipinski definition) is 5. The van der Waals surface area contributed by atoms with E-state index in [1.165, 1.54) is 11.3 Å². The molecule has 2 heterocycles. The van der Waals surface area contributed by atoms with Crippen LogP contribution in [0.4, 0.5) is 5.69 Å². The summed E-state index contributed by atoms with van der Waals surface area (Å²) in [5.74, 6) is 0.150. The molecular formula is C11H16N2O3S2. The van der Waals surface area contributed by atoms with Gasteiger partial charge in [-0.3, -0.25) is 4.79 Å². The van der Waals surface area contributed by atoms with Crippen molar-refractivity contribution >= 4 is 32.8 Å². The normalized spacial score (nSPS) is 19.6. The minimum Gasteiger partial charge on any atom is -0.398 e. The van der Waals surface area contributed by atoms with E-state index >= 15 is 0 Å². The van der Waals surface area contributed by atoms with Crippen molar-refractivity contribution in [2.24, 2.45) is 0 Å². The molecule has 1 aromatic heterocycles. The van der Waals surface area contributed by atoms with E-state index in [-0.39, 0.29) is 23.5 Å². The fourth-order valence-electron chi connectivity index (χ4n) is 1.90. The first-order valence-electron chi connectivity index (χ1n) is 5.74. The van der Waals surface area contributed by atoms with Gasteiger partial charge in [0, 0.05) is 16.6 Å². The summed E-state index contributed by atoms with van der Waals surface area (Å²) in [6, 6.07) is 1.61. The Bertz CT molecular complexity index is 529. The van der Waals surface area contributed by atoms with Gasteiger partial charge in [0.1, 0.15) is 9.84 Å². The number of carbonyl (C=O) groups excluding carboxylic acids is 1. The van der Waals surface area contributed by atoms with Gasteiger partial charge in [0.15, 0.2) is 0 Å². The molecule has 1 fully saturated rings. The molecular weight excluding hydrogens is 272 g/mol. The number of rotatable bonds is 2. The molecule has 0 saturated carbocycles. The summed E-state index contributed by atoms with van der Waals surface area (Å²) in [7, 11) is -2.89. The van der Waals surface area contributed by atoms with Crippen molar-refractivity contribution in [3.63, 3.8) is 0 Å². The Hall–Kier alpha value is -1.08. The highest BCUT2D eigenvalue weighted by atomic mass is 32.2. The highest BCUT2D eigenvalue weighted by Crippen LogP contribution is 2.23. The molecule has 5 nitrogen and oxygen atoms in total. The van der Waals surface area contributed by atoms with Crippen LogP contribution in [0.1, 0.15) is 27.4 Å².